The lowest BCUT2D eigenvalue weighted by atomic mass is 9.90. The molecule has 11 nitrogen and oxygen atoms in total. The summed E-state index contributed by atoms with van der Waals surface area (Å²) >= 11 is 1.00. The van der Waals surface area contributed by atoms with Crippen molar-refractivity contribution in [3.63, 3.8) is 0 Å². The predicted octanol–water partition coefficient (Wildman–Crippen LogP) is 4.82. The highest BCUT2D eigenvalue weighted by atomic mass is 32.2. The fraction of sp³-hybridized carbons (Fsp3) is 0.442. The lowest BCUT2D eigenvalue weighted by Crippen LogP contribution is -2.56. The van der Waals surface area contributed by atoms with Crippen molar-refractivity contribution in [3.8, 4) is 0 Å². The second-order valence-electron chi connectivity index (χ2n) is 14.7. The molecular weight excluding hydrogens is 715 g/mol. The summed E-state index contributed by atoms with van der Waals surface area (Å²) in [6.45, 7) is 2.45. The van der Waals surface area contributed by atoms with E-state index in [1.807, 2.05) is 60.7 Å². The first-order valence-electron chi connectivity index (χ1n) is 19.5. The highest BCUT2D eigenvalue weighted by Crippen LogP contribution is 2.31. The number of imide groups is 1. The molecule has 6 rings (SSSR count). The zero-order valence-corrected chi connectivity index (χ0v) is 32.3. The Morgan fingerprint density at radius 1 is 0.782 bits per heavy atom. The van der Waals surface area contributed by atoms with E-state index in [-0.39, 0.29) is 47.8 Å². The summed E-state index contributed by atoms with van der Waals surface area (Å²) < 4.78 is 0. The Hall–Kier alpha value is -4.81. The van der Waals surface area contributed by atoms with Gasteiger partial charge in [-0.1, -0.05) is 97.4 Å². The summed E-state index contributed by atoms with van der Waals surface area (Å²) in [5.74, 6) is -1.74. The number of rotatable bonds is 15. The van der Waals surface area contributed by atoms with Crippen LogP contribution in [0.1, 0.15) is 89.1 Å². The second-order valence-corrected chi connectivity index (χ2v) is 15.9. The zero-order valence-electron chi connectivity index (χ0n) is 31.5. The van der Waals surface area contributed by atoms with Crippen molar-refractivity contribution in [2.45, 2.75) is 81.0 Å². The SMILES string of the molecule is CNC(=O)[C@H](Cc1ccccc1)N1CC[C@H](c2ccccc2)C[C@H](NC(=O)[C@H](CCCCN2C(=O)c3ccccc3C2=O)SC(=O)CN2CCCCC2)C1=O. The number of nitrogens with zero attached hydrogens (tertiary/aromatic N) is 3. The van der Waals surface area contributed by atoms with E-state index in [1.54, 1.807) is 36.2 Å². The van der Waals surface area contributed by atoms with E-state index >= 15 is 0 Å². The molecule has 2 saturated heterocycles. The Labute approximate surface area is 327 Å². The smallest absolute Gasteiger partial charge is 0.261 e. The van der Waals surface area contributed by atoms with Crippen molar-refractivity contribution in [1.82, 2.24) is 25.3 Å². The number of fused-ring (bicyclic) bond motifs is 1. The standard InChI is InChI=1S/C43H51N5O6S/c1-44-39(50)36(27-30-15-5-2-6-16-30)47-26-22-32(31-17-7-3-8-18-31)28-35(43(47)54)45-40(51)37(55-38(49)29-46-23-12-4-13-24-46)21-11-14-25-48-41(52)33-19-9-10-20-34(33)42(48)53/h2-3,5-10,15-20,32,35-37H,4,11-14,21-29H2,1H3,(H,44,50)(H,45,51)/t32-,35-,36-,37-/m0/s1. The largest absolute Gasteiger partial charge is 0.357 e. The molecule has 3 aliphatic heterocycles. The van der Waals surface area contributed by atoms with Crippen LogP contribution < -0.4 is 10.6 Å². The average Bonchev–Trinajstić information content (AvgIpc) is 3.34. The number of likely N-dealkylation sites (tertiary alicyclic amines) is 2. The quantitative estimate of drug-likeness (QED) is 0.166. The fourth-order valence-corrected chi connectivity index (χ4v) is 9.00. The Morgan fingerprint density at radius 2 is 1.42 bits per heavy atom. The third kappa shape index (κ3) is 10.1. The number of piperidine rings is 1. The molecule has 3 aliphatic rings. The number of hydrogen-bond donors (Lipinski definition) is 2. The van der Waals surface area contributed by atoms with Gasteiger partial charge in [-0.05, 0) is 80.8 Å². The molecule has 0 unspecified atom stereocenters. The van der Waals surface area contributed by atoms with E-state index in [1.165, 1.54) is 4.90 Å². The normalized spacial score (nSPS) is 20.1. The van der Waals surface area contributed by atoms with E-state index in [9.17, 15) is 28.8 Å². The minimum Gasteiger partial charge on any atom is -0.357 e. The molecule has 0 radical (unpaired) electrons. The van der Waals surface area contributed by atoms with Crippen LogP contribution in [-0.2, 0) is 25.6 Å². The van der Waals surface area contributed by atoms with Gasteiger partial charge < -0.3 is 15.5 Å². The van der Waals surface area contributed by atoms with Crippen LogP contribution in [0.5, 0.6) is 0 Å². The van der Waals surface area contributed by atoms with Crippen molar-refractivity contribution in [3.05, 3.63) is 107 Å². The van der Waals surface area contributed by atoms with Crippen LogP contribution in [0, 0.1) is 0 Å². The average molecular weight is 766 g/mol. The van der Waals surface area contributed by atoms with E-state index in [2.05, 4.69) is 15.5 Å². The second kappa shape index (κ2) is 19.2. The van der Waals surface area contributed by atoms with Gasteiger partial charge in [-0.2, -0.15) is 0 Å². The third-order valence-electron chi connectivity index (χ3n) is 10.9. The first kappa shape index (κ1) is 39.9. The topological polar surface area (TPSA) is 136 Å². The Bertz CT molecular complexity index is 1800. The molecule has 3 heterocycles. The van der Waals surface area contributed by atoms with Gasteiger partial charge in [-0.15, -0.1) is 0 Å². The number of hydrogen-bond acceptors (Lipinski definition) is 8. The molecule has 12 heteroatoms. The number of nitrogens with one attached hydrogen (secondary N) is 2. The van der Waals surface area contributed by atoms with Crippen molar-refractivity contribution in [1.29, 1.82) is 0 Å². The molecule has 0 aliphatic carbocycles. The Kier molecular flexibility index (Phi) is 13.9. The minimum atomic E-state index is -0.929. The van der Waals surface area contributed by atoms with Crippen molar-refractivity contribution in [2.24, 2.45) is 0 Å². The maximum absolute atomic E-state index is 14.6. The summed E-state index contributed by atoms with van der Waals surface area (Å²) in [6, 6.07) is 24.5. The van der Waals surface area contributed by atoms with Crippen LogP contribution in [0.4, 0.5) is 0 Å². The van der Waals surface area contributed by atoms with Gasteiger partial charge in [0.2, 0.25) is 22.8 Å². The maximum atomic E-state index is 14.6. The van der Waals surface area contributed by atoms with Gasteiger partial charge in [0.1, 0.15) is 12.1 Å². The Balaban J connectivity index is 1.19. The number of carbonyl (C=O) groups is 6. The highest BCUT2D eigenvalue weighted by Gasteiger charge is 2.40. The van der Waals surface area contributed by atoms with Gasteiger partial charge in [0, 0.05) is 26.6 Å². The van der Waals surface area contributed by atoms with Gasteiger partial charge >= 0.3 is 0 Å². The van der Waals surface area contributed by atoms with Crippen LogP contribution in [0.2, 0.25) is 0 Å². The lowest BCUT2D eigenvalue weighted by Gasteiger charge is -2.32. The molecule has 0 saturated carbocycles. The molecule has 290 valence electrons. The Morgan fingerprint density at radius 3 is 2.07 bits per heavy atom. The molecule has 2 fully saturated rings. The van der Waals surface area contributed by atoms with Gasteiger partial charge in [0.15, 0.2) is 0 Å². The molecule has 4 atom stereocenters. The molecular formula is C43H51N5O6S. The molecule has 5 amide bonds. The van der Waals surface area contributed by atoms with Crippen molar-refractivity contribution >= 4 is 46.4 Å². The van der Waals surface area contributed by atoms with Crippen LogP contribution in [0.25, 0.3) is 0 Å². The molecule has 3 aromatic carbocycles. The van der Waals surface area contributed by atoms with E-state index in [0.717, 1.165) is 55.2 Å². The molecule has 0 bridgehead atoms. The lowest BCUT2D eigenvalue weighted by molar-refractivity contribution is -0.142. The van der Waals surface area contributed by atoms with E-state index < -0.39 is 23.2 Å². The molecule has 3 aromatic rings. The number of thioether (sulfide) groups is 1. The molecule has 55 heavy (non-hydrogen) atoms. The highest BCUT2D eigenvalue weighted by molar-refractivity contribution is 8.14. The first-order chi connectivity index (χ1) is 26.7. The molecule has 0 spiro atoms. The number of carbonyl (C=O) groups excluding carboxylic acids is 6. The van der Waals surface area contributed by atoms with Crippen LogP contribution in [0.3, 0.4) is 0 Å². The third-order valence-corrected chi connectivity index (χ3v) is 12.1. The monoisotopic (exact) mass is 765 g/mol. The van der Waals surface area contributed by atoms with Gasteiger partial charge in [-0.25, -0.2) is 0 Å². The summed E-state index contributed by atoms with van der Waals surface area (Å²) in [5.41, 5.74) is 2.74. The summed E-state index contributed by atoms with van der Waals surface area (Å²) in [4.78, 5) is 86.7. The zero-order chi connectivity index (χ0) is 38.7. The van der Waals surface area contributed by atoms with Gasteiger partial charge in [0.25, 0.3) is 11.8 Å². The number of likely N-dealkylation sites (N-methyl/N-ethyl adjacent to an activating group) is 1. The van der Waals surface area contributed by atoms with Crippen LogP contribution in [-0.4, -0.2) is 106 Å². The van der Waals surface area contributed by atoms with Gasteiger partial charge in [0.05, 0.1) is 22.9 Å². The first-order valence-corrected chi connectivity index (χ1v) is 20.4. The van der Waals surface area contributed by atoms with E-state index in [4.69, 9.17) is 0 Å². The summed E-state index contributed by atoms with van der Waals surface area (Å²) in [5, 5.41) is 4.90. The van der Waals surface area contributed by atoms with Crippen LogP contribution in [0.15, 0.2) is 84.9 Å². The number of benzene rings is 3. The fourth-order valence-electron chi connectivity index (χ4n) is 7.96. The van der Waals surface area contributed by atoms with Crippen LogP contribution >= 0.6 is 11.8 Å². The summed E-state index contributed by atoms with van der Waals surface area (Å²) in [6.07, 6.45) is 5.71. The predicted molar refractivity (Wildman–Crippen MR) is 212 cm³/mol. The molecule has 0 aromatic heterocycles. The molecule has 2 N–H and O–H groups in total. The summed E-state index contributed by atoms with van der Waals surface area (Å²) in [7, 11) is 1.56. The van der Waals surface area contributed by atoms with Gasteiger partial charge in [-0.3, -0.25) is 38.6 Å². The number of unbranched alkanes of at least 4 members (excludes halogenated alkanes) is 1. The minimum absolute atomic E-state index is 0.0611. The van der Waals surface area contributed by atoms with Crippen molar-refractivity contribution < 1.29 is 28.8 Å². The maximum Gasteiger partial charge on any atom is 0.261 e. The van der Waals surface area contributed by atoms with Crippen molar-refractivity contribution in [2.75, 3.05) is 39.8 Å². The number of amides is 5. The van der Waals surface area contributed by atoms with E-state index in [0.29, 0.717) is 56.2 Å².